The third kappa shape index (κ3) is 3.17. The van der Waals surface area contributed by atoms with Gasteiger partial charge in [-0.2, -0.15) is 0 Å². The zero-order valence-corrected chi connectivity index (χ0v) is 9.36. The van der Waals surface area contributed by atoms with Gasteiger partial charge in [0.15, 0.2) is 0 Å². The van der Waals surface area contributed by atoms with E-state index in [4.69, 9.17) is 0 Å². The summed E-state index contributed by atoms with van der Waals surface area (Å²) < 4.78 is 0. The fraction of sp³-hybridized carbons (Fsp3) is 0.333. The maximum absolute atomic E-state index is 2.25. The van der Waals surface area contributed by atoms with E-state index in [2.05, 4.69) is 38.2 Å². The van der Waals surface area contributed by atoms with Gasteiger partial charge in [-0.25, -0.2) is 0 Å². The SMILES string of the molecule is CC1=CCC(C)=CC=C1.[W]. The monoisotopic (exact) mass is 304 g/mol. The van der Waals surface area contributed by atoms with Gasteiger partial charge < -0.3 is 0 Å². The molecule has 1 aliphatic carbocycles. The first-order valence-electron chi connectivity index (χ1n) is 3.29. The summed E-state index contributed by atoms with van der Waals surface area (Å²) in [6, 6.07) is 0. The van der Waals surface area contributed by atoms with Crippen molar-refractivity contribution in [3.05, 3.63) is 35.5 Å². The number of hydrogen-bond acceptors (Lipinski definition) is 0. The molecule has 10 heavy (non-hydrogen) atoms. The van der Waals surface area contributed by atoms with Crippen molar-refractivity contribution < 1.29 is 21.1 Å². The molecule has 0 aliphatic heterocycles. The molecular formula is C9H12W. The second-order valence-electron chi connectivity index (χ2n) is 2.52. The molecule has 0 fully saturated rings. The minimum atomic E-state index is 0. The molecule has 0 radical (unpaired) electrons. The number of rotatable bonds is 0. The quantitative estimate of drug-likeness (QED) is 0.645. The van der Waals surface area contributed by atoms with Crippen LogP contribution in [0, 0.1) is 0 Å². The van der Waals surface area contributed by atoms with E-state index in [0.717, 1.165) is 6.42 Å². The molecule has 0 saturated carbocycles. The summed E-state index contributed by atoms with van der Waals surface area (Å²) in [6.07, 6.45) is 9.76. The molecule has 0 aromatic rings. The van der Waals surface area contributed by atoms with Gasteiger partial charge in [0.05, 0.1) is 0 Å². The molecule has 0 bridgehead atoms. The Balaban J connectivity index is 0.000000810. The topological polar surface area (TPSA) is 0 Å². The Hall–Kier alpha value is -0.0917. The van der Waals surface area contributed by atoms with Gasteiger partial charge in [0.25, 0.3) is 0 Å². The molecule has 0 N–H and O–H groups in total. The second kappa shape index (κ2) is 4.68. The van der Waals surface area contributed by atoms with Gasteiger partial charge in [0, 0.05) is 21.1 Å². The van der Waals surface area contributed by atoms with E-state index in [-0.39, 0.29) is 21.1 Å². The smallest absolute Gasteiger partial charge is 0 e. The standard InChI is InChI=1S/C9H12.W/c1-8-4-3-5-9(2)7-6-8;/h3-6H,7H2,1-2H3;. The van der Waals surface area contributed by atoms with Gasteiger partial charge in [0.1, 0.15) is 0 Å². The van der Waals surface area contributed by atoms with Gasteiger partial charge in [-0.05, 0) is 20.3 Å². The molecule has 0 nitrogen and oxygen atoms in total. The summed E-state index contributed by atoms with van der Waals surface area (Å²) in [4.78, 5) is 0. The third-order valence-electron chi connectivity index (χ3n) is 1.49. The first-order valence-corrected chi connectivity index (χ1v) is 3.29. The summed E-state index contributed by atoms with van der Waals surface area (Å²) in [6.45, 7) is 4.28. The van der Waals surface area contributed by atoms with Crippen molar-refractivity contribution in [2.24, 2.45) is 0 Å². The van der Waals surface area contributed by atoms with Crippen molar-refractivity contribution in [2.45, 2.75) is 20.3 Å². The van der Waals surface area contributed by atoms with Crippen LogP contribution in [0.4, 0.5) is 0 Å². The Morgan fingerprint density at radius 1 is 1.30 bits per heavy atom. The Kier molecular flexibility index (Phi) is 4.64. The van der Waals surface area contributed by atoms with Crippen LogP contribution >= 0.6 is 0 Å². The van der Waals surface area contributed by atoms with Crippen LogP contribution in [0.5, 0.6) is 0 Å². The predicted molar refractivity (Wildman–Crippen MR) is 41.3 cm³/mol. The largest absolute Gasteiger partial charge is 0.0775 e. The molecule has 1 heteroatoms. The molecule has 0 saturated heterocycles. The number of hydrogen-bond donors (Lipinski definition) is 0. The fourth-order valence-corrected chi connectivity index (χ4v) is 0.822. The molecular weight excluding hydrogens is 292 g/mol. The van der Waals surface area contributed by atoms with Crippen molar-refractivity contribution >= 4 is 0 Å². The van der Waals surface area contributed by atoms with E-state index in [9.17, 15) is 0 Å². The Morgan fingerprint density at radius 2 is 2.00 bits per heavy atom. The van der Waals surface area contributed by atoms with Gasteiger partial charge >= 0.3 is 0 Å². The van der Waals surface area contributed by atoms with E-state index in [1.54, 1.807) is 0 Å². The van der Waals surface area contributed by atoms with Crippen molar-refractivity contribution in [1.29, 1.82) is 0 Å². The average Bonchev–Trinajstić information content (AvgIpc) is 1.97. The van der Waals surface area contributed by atoms with E-state index in [1.807, 2.05) is 0 Å². The van der Waals surface area contributed by atoms with Crippen LogP contribution in [0.1, 0.15) is 20.3 Å². The third-order valence-corrected chi connectivity index (χ3v) is 1.49. The summed E-state index contributed by atoms with van der Waals surface area (Å²) in [5.74, 6) is 0. The molecule has 0 aromatic carbocycles. The van der Waals surface area contributed by atoms with Crippen LogP contribution in [-0.4, -0.2) is 0 Å². The van der Waals surface area contributed by atoms with Crippen molar-refractivity contribution in [2.75, 3.05) is 0 Å². The second-order valence-corrected chi connectivity index (χ2v) is 2.52. The molecule has 54 valence electrons. The van der Waals surface area contributed by atoms with E-state index in [0.29, 0.717) is 0 Å². The molecule has 0 unspecified atom stereocenters. The zero-order chi connectivity index (χ0) is 6.69. The van der Waals surface area contributed by atoms with Crippen LogP contribution in [0.25, 0.3) is 0 Å². The molecule has 0 spiro atoms. The molecule has 0 heterocycles. The fourth-order valence-electron chi connectivity index (χ4n) is 0.822. The van der Waals surface area contributed by atoms with Crippen LogP contribution < -0.4 is 0 Å². The Labute approximate surface area is 77.0 Å². The molecule has 1 rings (SSSR count). The summed E-state index contributed by atoms with van der Waals surface area (Å²) in [5, 5.41) is 0. The van der Waals surface area contributed by atoms with E-state index < -0.39 is 0 Å². The van der Waals surface area contributed by atoms with Gasteiger partial charge in [-0.1, -0.05) is 35.5 Å². The van der Waals surface area contributed by atoms with Gasteiger partial charge in [-0.3, -0.25) is 0 Å². The first kappa shape index (κ1) is 9.91. The van der Waals surface area contributed by atoms with E-state index >= 15 is 0 Å². The van der Waals surface area contributed by atoms with Crippen molar-refractivity contribution in [3.63, 3.8) is 0 Å². The maximum Gasteiger partial charge on any atom is 0 e. The summed E-state index contributed by atoms with van der Waals surface area (Å²) in [5.41, 5.74) is 2.80. The maximum atomic E-state index is 2.25. The van der Waals surface area contributed by atoms with Gasteiger partial charge in [-0.15, -0.1) is 0 Å². The molecule has 1 aliphatic rings. The van der Waals surface area contributed by atoms with Crippen molar-refractivity contribution in [3.8, 4) is 0 Å². The van der Waals surface area contributed by atoms with Crippen LogP contribution in [-0.2, 0) is 21.1 Å². The minimum absolute atomic E-state index is 0. The van der Waals surface area contributed by atoms with Crippen LogP contribution in [0.15, 0.2) is 35.5 Å². The van der Waals surface area contributed by atoms with E-state index in [1.165, 1.54) is 11.1 Å². The predicted octanol–water partition coefficient (Wildman–Crippen LogP) is 2.84. The van der Waals surface area contributed by atoms with Crippen LogP contribution in [0.2, 0.25) is 0 Å². The van der Waals surface area contributed by atoms with Gasteiger partial charge in [0.2, 0.25) is 0 Å². The van der Waals surface area contributed by atoms with Crippen molar-refractivity contribution in [1.82, 2.24) is 0 Å². The normalized spacial score (nSPS) is 16.6. The molecule has 0 amide bonds. The van der Waals surface area contributed by atoms with Crippen LogP contribution in [0.3, 0.4) is 0 Å². The number of allylic oxidation sites excluding steroid dienone is 6. The minimum Gasteiger partial charge on any atom is -0.0775 e. The Morgan fingerprint density at radius 3 is 2.70 bits per heavy atom. The zero-order valence-electron chi connectivity index (χ0n) is 6.42. The molecule has 0 atom stereocenters. The summed E-state index contributed by atoms with van der Waals surface area (Å²) in [7, 11) is 0. The Bertz CT molecular complexity index is 182. The summed E-state index contributed by atoms with van der Waals surface area (Å²) >= 11 is 0. The first-order chi connectivity index (χ1) is 4.29. The average molecular weight is 304 g/mol. The molecule has 0 aromatic heterocycles.